The molecule has 0 aliphatic heterocycles. The monoisotopic (exact) mass is 354 g/mol. The Bertz CT molecular complexity index is 586. The third kappa shape index (κ3) is 5.15. The van der Waals surface area contributed by atoms with Crippen molar-refractivity contribution >= 4 is 15.9 Å². The fourth-order valence-electron chi connectivity index (χ4n) is 1.84. The van der Waals surface area contributed by atoms with Crippen LogP contribution in [0.3, 0.4) is 0 Å². The Morgan fingerprint density at radius 2 is 2.19 bits per heavy atom. The molecule has 0 saturated carbocycles. The highest BCUT2D eigenvalue weighted by Crippen LogP contribution is 2.25. The highest BCUT2D eigenvalue weighted by atomic mass is 79.9. The van der Waals surface area contributed by atoms with Crippen molar-refractivity contribution in [2.24, 2.45) is 0 Å². The second kappa shape index (κ2) is 7.59. The third-order valence-electron chi connectivity index (χ3n) is 2.88. The Labute approximate surface area is 132 Å². The van der Waals surface area contributed by atoms with E-state index in [2.05, 4.69) is 26.4 Å². The van der Waals surface area contributed by atoms with Gasteiger partial charge in [-0.1, -0.05) is 11.2 Å². The minimum Gasteiger partial charge on any atom is -0.490 e. The normalized spacial score (nSPS) is 12.4. The number of rotatable bonds is 7. The second-order valence-electron chi connectivity index (χ2n) is 4.96. The van der Waals surface area contributed by atoms with Crippen molar-refractivity contribution in [1.82, 2.24) is 10.5 Å². The van der Waals surface area contributed by atoms with Crippen LogP contribution in [0.4, 0.5) is 0 Å². The van der Waals surface area contributed by atoms with Gasteiger partial charge in [0.05, 0.1) is 10.2 Å². The smallest absolute Gasteiger partial charge is 0.133 e. The van der Waals surface area contributed by atoms with Crippen LogP contribution < -0.4 is 10.1 Å². The van der Waals surface area contributed by atoms with Crippen molar-refractivity contribution < 1.29 is 14.4 Å². The average Bonchev–Trinajstić information content (AvgIpc) is 2.83. The maximum Gasteiger partial charge on any atom is 0.133 e. The molecule has 1 aromatic carbocycles. The number of aliphatic hydroxyl groups is 1. The summed E-state index contributed by atoms with van der Waals surface area (Å²) in [4.78, 5) is 0. The fourth-order valence-corrected chi connectivity index (χ4v) is 2.44. The zero-order chi connectivity index (χ0) is 15.2. The minimum absolute atomic E-state index is 0.229. The summed E-state index contributed by atoms with van der Waals surface area (Å²) in [5.41, 5.74) is 1.97. The summed E-state index contributed by atoms with van der Waals surface area (Å²) in [6.45, 7) is 5.07. The molecule has 2 aromatic rings. The number of hydrogen-bond acceptors (Lipinski definition) is 5. The van der Waals surface area contributed by atoms with Gasteiger partial charge in [0.2, 0.25) is 0 Å². The molecule has 1 atom stereocenters. The molecule has 0 spiro atoms. The van der Waals surface area contributed by atoms with E-state index in [0.717, 1.165) is 27.2 Å². The number of halogens is 1. The molecule has 2 N–H and O–H groups in total. The standard InChI is InChI=1S/C15H19BrN2O3/c1-10-3-4-15(14(16)5-10)20-9-13(19)8-17-7-12-6-11(2)21-18-12/h3-6,13,17,19H,7-9H2,1-2H3. The Kier molecular flexibility index (Phi) is 5.78. The minimum atomic E-state index is -0.591. The number of nitrogens with zero attached hydrogens (tertiary/aromatic N) is 1. The van der Waals surface area contributed by atoms with Crippen molar-refractivity contribution in [3.8, 4) is 5.75 Å². The molecule has 1 heterocycles. The van der Waals surface area contributed by atoms with Crippen molar-refractivity contribution in [2.75, 3.05) is 13.2 Å². The number of benzene rings is 1. The van der Waals surface area contributed by atoms with Gasteiger partial charge < -0.3 is 19.7 Å². The Morgan fingerprint density at radius 1 is 1.38 bits per heavy atom. The van der Waals surface area contributed by atoms with Gasteiger partial charge in [-0.25, -0.2) is 0 Å². The lowest BCUT2D eigenvalue weighted by Gasteiger charge is -2.14. The average molecular weight is 355 g/mol. The van der Waals surface area contributed by atoms with Crippen LogP contribution in [-0.4, -0.2) is 29.5 Å². The van der Waals surface area contributed by atoms with E-state index in [1.165, 1.54) is 0 Å². The summed E-state index contributed by atoms with van der Waals surface area (Å²) in [7, 11) is 0. The second-order valence-corrected chi connectivity index (χ2v) is 5.81. The number of ether oxygens (including phenoxy) is 1. The molecule has 2 rings (SSSR count). The van der Waals surface area contributed by atoms with Gasteiger partial charge in [-0.15, -0.1) is 0 Å². The quantitative estimate of drug-likeness (QED) is 0.799. The Morgan fingerprint density at radius 3 is 2.86 bits per heavy atom. The van der Waals surface area contributed by atoms with Gasteiger partial charge in [-0.05, 0) is 47.5 Å². The zero-order valence-corrected chi connectivity index (χ0v) is 13.7. The van der Waals surface area contributed by atoms with E-state index in [0.29, 0.717) is 13.1 Å². The molecule has 0 fully saturated rings. The highest BCUT2D eigenvalue weighted by Gasteiger charge is 2.08. The van der Waals surface area contributed by atoms with Crippen molar-refractivity contribution in [3.05, 3.63) is 45.8 Å². The maximum atomic E-state index is 9.89. The first-order valence-electron chi connectivity index (χ1n) is 6.74. The van der Waals surface area contributed by atoms with Gasteiger partial charge in [-0.3, -0.25) is 0 Å². The largest absolute Gasteiger partial charge is 0.490 e. The predicted octanol–water partition coefficient (Wildman–Crippen LogP) is 2.58. The lowest BCUT2D eigenvalue weighted by atomic mass is 10.2. The third-order valence-corrected chi connectivity index (χ3v) is 3.50. The molecule has 5 nitrogen and oxygen atoms in total. The van der Waals surface area contributed by atoms with Gasteiger partial charge in [0.25, 0.3) is 0 Å². The molecule has 0 bridgehead atoms. The SMILES string of the molecule is Cc1ccc(OCC(O)CNCc2cc(C)on2)c(Br)c1. The van der Waals surface area contributed by atoms with E-state index in [1.54, 1.807) is 0 Å². The molecule has 114 valence electrons. The summed E-state index contributed by atoms with van der Waals surface area (Å²) >= 11 is 3.44. The summed E-state index contributed by atoms with van der Waals surface area (Å²) < 4.78 is 11.4. The van der Waals surface area contributed by atoms with Crippen LogP contribution >= 0.6 is 15.9 Å². The van der Waals surface area contributed by atoms with Crippen LogP contribution in [0.1, 0.15) is 17.0 Å². The topological polar surface area (TPSA) is 67.5 Å². The number of aliphatic hydroxyl groups excluding tert-OH is 1. The van der Waals surface area contributed by atoms with Gasteiger partial charge in [0.1, 0.15) is 24.2 Å². The van der Waals surface area contributed by atoms with Crippen LogP contribution in [-0.2, 0) is 6.54 Å². The van der Waals surface area contributed by atoms with Crippen molar-refractivity contribution in [3.63, 3.8) is 0 Å². The van der Waals surface area contributed by atoms with E-state index < -0.39 is 6.10 Å². The molecular weight excluding hydrogens is 336 g/mol. The summed E-state index contributed by atoms with van der Waals surface area (Å²) in [6, 6.07) is 7.70. The Balaban J connectivity index is 1.70. The Hall–Kier alpha value is -1.37. The molecule has 0 amide bonds. The van der Waals surface area contributed by atoms with Crippen LogP contribution in [0.25, 0.3) is 0 Å². The van der Waals surface area contributed by atoms with E-state index in [-0.39, 0.29) is 6.61 Å². The van der Waals surface area contributed by atoms with E-state index in [4.69, 9.17) is 9.26 Å². The van der Waals surface area contributed by atoms with Crippen LogP contribution in [0.2, 0.25) is 0 Å². The molecule has 0 aliphatic rings. The molecule has 0 radical (unpaired) electrons. The zero-order valence-electron chi connectivity index (χ0n) is 12.1. The van der Waals surface area contributed by atoms with Gasteiger partial charge >= 0.3 is 0 Å². The highest BCUT2D eigenvalue weighted by molar-refractivity contribution is 9.10. The van der Waals surface area contributed by atoms with E-state index in [9.17, 15) is 5.11 Å². The lowest BCUT2D eigenvalue weighted by Crippen LogP contribution is -2.31. The molecule has 1 aromatic heterocycles. The van der Waals surface area contributed by atoms with E-state index in [1.807, 2.05) is 38.1 Å². The van der Waals surface area contributed by atoms with Gasteiger partial charge in [0.15, 0.2) is 0 Å². The summed E-state index contributed by atoms with van der Waals surface area (Å²) in [5.74, 6) is 1.51. The molecule has 21 heavy (non-hydrogen) atoms. The molecule has 0 aliphatic carbocycles. The van der Waals surface area contributed by atoms with E-state index >= 15 is 0 Å². The van der Waals surface area contributed by atoms with Crippen LogP contribution in [0.5, 0.6) is 5.75 Å². The van der Waals surface area contributed by atoms with Crippen LogP contribution in [0, 0.1) is 13.8 Å². The lowest BCUT2D eigenvalue weighted by molar-refractivity contribution is 0.105. The number of aryl methyl sites for hydroxylation is 2. The molecule has 6 heteroatoms. The fraction of sp³-hybridized carbons (Fsp3) is 0.400. The van der Waals surface area contributed by atoms with Crippen LogP contribution in [0.15, 0.2) is 33.3 Å². The number of nitrogens with one attached hydrogen (secondary N) is 1. The summed E-state index contributed by atoms with van der Waals surface area (Å²) in [6.07, 6.45) is -0.591. The van der Waals surface area contributed by atoms with Crippen molar-refractivity contribution in [2.45, 2.75) is 26.5 Å². The first-order valence-corrected chi connectivity index (χ1v) is 7.54. The number of aromatic nitrogens is 1. The first-order chi connectivity index (χ1) is 10.0. The van der Waals surface area contributed by atoms with Gasteiger partial charge in [0, 0.05) is 19.2 Å². The molecule has 1 unspecified atom stereocenters. The molecular formula is C15H19BrN2O3. The van der Waals surface area contributed by atoms with Gasteiger partial charge in [-0.2, -0.15) is 0 Å². The maximum absolute atomic E-state index is 9.89. The summed E-state index contributed by atoms with van der Waals surface area (Å²) in [5, 5.41) is 16.9. The van der Waals surface area contributed by atoms with Crippen molar-refractivity contribution in [1.29, 1.82) is 0 Å². The number of hydrogen-bond donors (Lipinski definition) is 2. The molecule has 0 saturated heterocycles. The predicted molar refractivity (Wildman–Crippen MR) is 83.3 cm³/mol. The first kappa shape index (κ1) is 16.0.